The number of fused-ring (bicyclic) bond motifs is 1. The van der Waals surface area contributed by atoms with Crippen LogP contribution in [0.4, 0.5) is 11.4 Å². The van der Waals surface area contributed by atoms with Crippen LogP contribution >= 0.6 is 11.6 Å². The second kappa shape index (κ2) is 5.98. The number of amides is 1. The minimum atomic E-state index is -0.230. The molecule has 1 amide bonds. The third-order valence-electron chi connectivity index (χ3n) is 3.70. The maximum Gasteiger partial charge on any atom is 0.276 e. The van der Waals surface area contributed by atoms with Crippen LogP contribution < -0.4 is 15.5 Å². The maximum atomic E-state index is 12.6. The second-order valence-corrected chi connectivity index (χ2v) is 5.85. The first-order chi connectivity index (χ1) is 10.6. The van der Waals surface area contributed by atoms with Crippen molar-refractivity contribution in [3.8, 4) is 0 Å². The highest BCUT2D eigenvalue weighted by Gasteiger charge is 2.22. The molecular weight excluding hydrogens is 302 g/mol. The van der Waals surface area contributed by atoms with Crippen molar-refractivity contribution in [3.05, 3.63) is 40.2 Å². The topological polar surface area (TPSA) is 73.0 Å². The predicted octanol–water partition coefficient (Wildman–Crippen LogP) is 2.03. The van der Waals surface area contributed by atoms with Crippen LogP contribution in [0.3, 0.4) is 0 Å². The zero-order valence-electron chi connectivity index (χ0n) is 12.5. The normalized spacial score (nSPS) is 13.6. The predicted molar refractivity (Wildman–Crippen MR) is 87.7 cm³/mol. The number of carbonyl (C=O) groups excluding carboxylic acids is 1. The monoisotopic (exact) mass is 319 g/mol. The quantitative estimate of drug-likeness (QED) is 0.809. The van der Waals surface area contributed by atoms with E-state index in [1.807, 2.05) is 31.1 Å². The van der Waals surface area contributed by atoms with Crippen molar-refractivity contribution in [1.29, 1.82) is 0 Å². The van der Waals surface area contributed by atoms with Gasteiger partial charge in [0.05, 0.1) is 16.4 Å². The minimum absolute atomic E-state index is 0.230. The number of hydrogen-bond acceptors (Lipinski definition) is 4. The summed E-state index contributed by atoms with van der Waals surface area (Å²) < 4.78 is 0. The molecule has 0 bridgehead atoms. The van der Waals surface area contributed by atoms with Gasteiger partial charge in [-0.3, -0.25) is 9.89 Å². The first-order valence-electron chi connectivity index (χ1n) is 7.12. The molecule has 3 N–H and O–H groups in total. The Balaban J connectivity index is 1.89. The molecule has 0 unspecified atom stereocenters. The molecule has 0 atom stereocenters. The highest BCUT2D eigenvalue weighted by molar-refractivity contribution is 6.34. The number of aromatic amines is 1. The standard InChI is InChI=1S/C15H18ClN5O/c1-21(2)14-10(16)4-3-5-12(14)18-15(22)13-9-8-17-7-6-11(9)19-20-13/h3-5,17H,6-8H2,1-2H3,(H,18,22)(H,19,20). The molecule has 0 saturated heterocycles. The lowest BCUT2D eigenvalue weighted by atomic mass is 10.1. The van der Waals surface area contributed by atoms with E-state index < -0.39 is 0 Å². The molecule has 2 aromatic rings. The van der Waals surface area contributed by atoms with Crippen LogP contribution in [-0.4, -0.2) is 36.7 Å². The van der Waals surface area contributed by atoms with Crippen molar-refractivity contribution in [3.63, 3.8) is 0 Å². The molecule has 22 heavy (non-hydrogen) atoms. The molecule has 7 heteroatoms. The van der Waals surface area contributed by atoms with Crippen molar-refractivity contribution in [2.45, 2.75) is 13.0 Å². The van der Waals surface area contributed by atoms with Gasteiger partial charge < -0.3 is 15.5 Å². The fourth-order valence-corrected chi connectivity index (χ4v) is 3.01. The molecule has 1 aromatic heterocycles. The van der Waals surface area contributed by atoms with Gasteiger partial charge in [-0.1, -0.05) is 17.7 Å². The van der Waals surface area contributed by atoms with Gasteiger partial charge in [-0.2, -0.15) is 5.10 Å². The van der Waals surface area contributed by atoms with E-state index in [4.69, 9.17) is 11.6 Å². The summed E-state index contributed by atoms with van der Waals surface area (Å²) in [6.45, 7) is 1.56. The fraction of sp³-hybridized carbons (Fsp3) is 0.333. The smallest absolute Gasteiger partial charge is 0.276 e. The van der Waals surface area contributed by atoms with Gasteiger partial charge in [-0.25, -0.2) is 0 Å². The summed E-state index contributed by atoms with van der Waals surface area (Å²) >= 11 is 6.22. The Labute approximate surface area is 133 Å². The number of aromatic nitrogens is 2. The fourth-order valence-electron chi connectivity index (χ4n) is 2.67. The first-order valence-corrected chi connectivity index (χ1v) is 7.49. The number of anilines is 2. The van der Waals surface area contributed by atoms with Crippen LogP contribution in [0, 0.1) is 0 Å². The van der Waals surface area contributed by atoms with Crippen LogP contribution in [0.1, 0.15) is 21.7 Å². The third-order valence-corrected chi connectivity index (χ3v) is 4.01. The van der Waals surface area contributed by atoms with Gasteiger partial charge in [0.25, 0.3) is 5.91 Å². The van der Waals surface area contributed by atoms with Crippen LogP contribution in [0.2, 0.25) is 5.02 Å². The van der Waals surface area contributed by atoms with E-state index in [2.05, 4.69) is 20.8 Å². The van der Waals surface area contributed by atoms with Crippen molar-refractivity contribution >= 4 is 28.9 Å². The Hall–Kier alpha value is -2.05. The zero-order chi connectivity index (χ0) is 15.7. The molecule has 0 aliphatic carbocycles. The van der Waals surface area contributed by atoms with Gasteiger partial charge in [0, 0.05) is 44.9 Å². The van der Waals surface area contributed by atoms with Crippen LogP contribution in [0.5, 0.6) is 0 Å². The van der Waals surface area contributed by atoms with E-state index in [1.165, 1.54) is 0 Å². The van der Waals surface area contributed by atoms with Gasteiger partial charge in [-0.15, -0.1) is 0 Å². The molecule has 0 radical (unpaired) electrons. The average Bonchev–Trinajstić information content (AvgIpc) is 2.90. The number of halogens is 1. The lowest BCUT2D eigenvalue weighted by Gasteiger charge is -2.19. The van der Waals surface area contributed by atoms with E-state index in [9.17, 15) is 4.79 Å². The van der Waals surface area contributed by atoms with Crippen LogP contribution in [-0.2, 0) is 13.0 Å². The SMILES string of the molecule is CN(C)c1c(Cl)cccc1NC(=O)c1n[nH]c2c1CNCC2. The largest absolute Gasteiger partial charge is 0.375 e. The van der Waals surface area contributed by atoms with Crippen molar-refractivity contribution in [1.82, 2.24) is 15.5 Å². The summed E-state index contributed by atoms with van der Waals surface area (Å²) in [5.74, 6) is -0.230. The Morgan fingerprint density at radius 1 is 1.41 bits per heavy atom. The molecular formula is C15H18ClN5O. The summed E-state index contributed by atoms with van der Waals surface area (Å²) in [7, 11) is 3.77. The van der Waals surface area contributed by atoms with E-state index >= 15 is 0 Å². The summed E-state index contributed by atoms with van der Waals surface area (Å²) in [5.41, 5.74) is 3.86. The number of nitrogens with one attached hydrogen (secondary N) is 3. The number of benzene rings is 1. The number of hydrogen-bond donors (Lipinski definition) is 3. The molecule has 0 saturated carbocycles. The van der Waals surface area contributed by atoms with Gasteiger partial charge in [0.15, 0.2) is 5.69 Å². The molecule has 0 spiro atoms. The minimum Gasteiger partial charge on any atom is -0.375 e. The van der Waals surface area contributed by atoms with Gasteiger partial charge in [0.1, 0.15) is 0 Å². The van der Waals surface area contributed by atoms with Crippen LogP contribution in [0.15, 0.2) is 18.2 Å². The highest BCUT2D eigenvalue weighted by Crippen LogP contribution is 2.32. The molecule has 1 aromatic carbocycles. The van der Waals surface area contributed by atoms with E-state index in [1.54, 1.807) is 6.07 Å². The summed E-state index contributed by atoms with van der Waals surface area (Å²) in [4.78, 5) is 14.4. The summed E-state index contributed by atoms with van der Waals surface area (Å²) in [6, 6.07) is 5.44. The van der Waals surface area contributed by atoms with E-state index in [0.717, 1.165) is 29.9 Å². The number of para-hydroxylation sites is 1. The van der Waals surface area contributed by atoms with Gasteiger partial charge in [0.2, 0.25) is 0 Å². The molecule has 116 valence electrons. The molecule has 1 aliphatic rings. The number of carbonyl (C=O) groups is 1. The Bertz CT molecular complexity index is 710. The lowest BCUT2D eigenvalue weighted by molar-refractivity contribution is 0.102. The molecule has 6 nitrogen and oxygen atoms in total. The summed E-state index contributed by atoms with van der Waals surface area (Å²) in [5, 5.41) is 13.9. The Morgan fingerprint density at radius 3 is 3.00 bits per heavy atom. The molecule has 0 fully saturated rings. The lowest BCUT2D eigenvalue weighted by Crippen LogP contribution is -2.25. The van der Waals surface area contributed by atoms with E-state index in [-0.39, 0.29) is 5.91 Å². The number of rotatable bonds is 3. The van der Waals surface area contributed by atoms with Crippen molar-refractivity contribution in [2.75, 3.05) is 30.9 Å². The second-order valence-electron chi connectivity index (χ2n) is 5.44. The third kappa shape index (κ3) is 2.67. The van der Waals surface area contributed by atoms with Gasteiger partial charge in [-0.05, 0) is 12.1 Å². The van der Waals surface area contributed by atoms with E-state index in [0.29, 0.717) is 22.9 Å². The first kappa shape index (κ1) is 14.9. The zero-order valence-corrected chi connectivity index (χ0v) is 13.3. The molecule has 2 heterocycles. The van der Waals surface area contributed by atoms with Crippen molar-refractivity contribution in [2.24, 2.45) is 0 Å². The highest BCUT2D eigenvalue weighted by atomic mass is 35.5. The molecule has 3 rings (SSSR count). The maximum absolute atomic E-state index is 12.6. The number of nitrogens with zero attached hydrogens (tertiary/aromatic N) is 2. The Kier molecular flexibility index (Phi) is 4.04. The Morgan fingerprint density at radius 2 is 2.23 bits per heavy atom. The van der Waals surface area contributed by atoms with Gasteiger partial charge >= 0.3 is 0 Å². The average molecular weight is 320 g/mol. The summed E-state index contributed by atoms with van der Waals surface area (Å²) in [6.07, 6.45) is 0.857. The van der Waals surface area contributed by atoms with Crippen LogP contribution in [0.25, 0.3) is 0 Å². The number of H-pyrrole nitrogens is 1. The van der Waals surface area contributed by atoms with Crippen molar-refractivity contribution < 1.29 is 4.79 Å². The molecule has 1 aliphatic heterocycles.